The number of likely N-dealkylation sites (tertiary alicyclic amines) is 1. The van der Waals surface area contributed by atoms with Gasteiger partial charge in [0.15, 0.2) is 16.4 Å². The van der Waals surface area contributed by atoms with Gasteiger partial charge in [0.1, 0.15) is 0 Å². The Balaban J connectivity index is 1.56. The van der Waals surface area contributed by atoms with Crippen molar-refractivity contribution in [2.24, 2.45) is 11.3 Å². The standard InChI is InChI=1S/C23H34N2O6S/c1-15-12-19(16(2)25(15)18-8-11-32(29,30)14-18)20(26)13-31-21(27)17-6-9-24(10-7-17)22(28)23(3,4)5/h12,17-18H,6-11,13-14H2,1-5H3. The first kappa shape index (κ1) is 24.5. The van der Waals surface area contributed by atoms with Crippen molar-refractivity contribution in [3.63, 3.8) is 0 Å². The number of ketones is 1. The van der Waals surface area contributed by atoms with Crippen molar-refractivity contribution >= 4 is 27.5 Å². The fourth-order valence-corrected chi connectivity index (χ4v) is 6.43. The molecule has 8 nitrogen and oxygen atoms in total. The topological polar surface area (TPSA) is 103 Å². The Labute approximate surface area is 190 Å². The van der Waals surface area contributed by atoms with E-state index in [0.29, 0.717) is 43.6 Å². The van der Waals surface area contributed by atoms with Crippen molar-refractivity contribution in [2.45, 2.75) is 59.9 Å². The number of aromatic nitrogens is 1. The van der Waals surface area contributed by atoms with E-state index in [1.165, 1.54) is 0 Å². The lowest BCUT2D eigenvalue weighted by Gasteiger charge is -2.34. The molecule has 1 aromatic rings. The Morgan fingerprint density at radius 3 is 2.25 bits per heavy atom. The molecule has 178 valence electrons. The van der Waals surface area contributed by atoms with E-state index < -0.39 is 21.2 Å². The molecule has 1 amide bonds. The van der Waals surface area contributed by atoms with Crippen LogP contribution in [-0.2, 0) is 24.2 Å². The number of carbonyl (C=O) groups excluding carboxylic acids is 3. The van der Waals surface area contributed by atoms with Gasteiger partial charge in [-0.3, -0.25) is 14.4 Å². The fourth-order valence-electron chi connectivity index (χ4n) is 4.73. The minimum Gasteiger partial charge on any atom is -0.457 e. The number of hydrogen-bond donors (Lipinski definition) is 0. The van der Waals surface area contributed by atoms with E-state index in [9.17, 15) is 22.8 Å². The second-order valence-electron chi connectivity index (χ2n) is 10.1. The van der Waals surface area contributed by atoms with E-state index in [1.54, 1.807) is 17.9 Å². The molecule has 1 atom stereocenters. The summed E-state index contributed by atoms with van der Waals surface area (Å²) in [5.74, 6) is -0.693. The zero-order valence-corrected chi connectivity index (χ0v) is 20.5. The number of piperidine rings is 1. The van der Waals surface area contributed by atoms with Crippen molar-refractivity contribution in [1.29, 1.82) is 0 Å². The molecule has 9 heteroatoms. The summed E-state index contributed by atoms with van der Waals surface area (Å²) in [4.78, 5) is 39.4. The second-order valence-corrected chi connectivity index (χ2v) is 12.3. The molecule has 0 N–H and O–H groups in total. The number of hydrogen-bond acceptors (Lipinski definition) is 6. The van der Waals surface area contributed by atoms with Crippen LogP contribution >= 0.6 is 0 Å². The van der Waals surface area contributed by atoms with E-state index in [0.717, 1.165) is 5.69 Å². The Morgan fingerprint density at radius 2 is 1.72 bits per heavy atom. The van der Waals surface area contributed by atoms with Gasteiger partial charge in [-0.05, 0) is 39.2 Å². The molecule has 2 fully saturated rings. The molecule has 0 aromatic carbocycles. The molecule has 1 unspecified atom stereocenters. The molecule has 3 rings (SSSR count). The highest BCUT2D eigenvalue weighted by molar-refractivity contribution is 7.91. The first-order chi connectivity index (χ1) is 14.8. The number of sulfone groups is 1. The first-order valence-electron chi connectivity index (χ1n) is 11.2. The summed E-state index contributed by atoms with van der Waals surface area (Å²) in [5, 5.41) is 0. The molecular weight excluding hydrogens is 432 g/mol. The van der Waals surface area contributed by atoms with Crippen LogP contribution in [0.4, 0.5) is 0 Å². The fraction of sp³-hybridized carbons (Fsp3) is 0.696. The number of esters is 1. The van der Waals surface area contributed by atoms with Crippen molar-refractivity contribution in [3.8, 4) is 0 Å². The van der Waals surface area contributed by atoms with Crippen molar-refractivity contribution in [1.82, 2.24) is 9.47 Å². The smallest absolute Gasteiger partial charge is 0.309 e. The van der Waals surface area contributed by atoms with Gasteiger partial charge in [0, 0.05) is 41.5 Å². The van der Waals surface area contributed by atoms with E-state index >= 15 is 0 Å². The van der Waals surface area contributed by atoms with Crippen molar-refractivity contribution in [2.75, 3.05) is 31.2 Å². The van der Waals surface area contributed by atoms with Gasteiger partial charge in [-0.15, -0.1) is 0 Å². The maximum atomic E-state index is 12.8. The lowest BCUT2D eigenvalue weighted by Crippen LogP contribution is -2.45. The SMILES string of the molecule is Cc1cc(C(=O)COC(=O)C2CCN(C(=O)C(C)(C)C)CC2)c(C)n1C1CCS(=O)(=O)C1. The summed E-state index contributed by atoms with van der Waals surface area (Å²) < 4.78 is 30.9. The van der Waals surface area contributed by atoms with Crippen LogP contribution in [0.15, 0.2) is 6.07 Å². The maximum absolute atomic E-state index is 12.8. The van der Waals surface area contributed by atoms with Gasteiger partial charge in [0.25, 0.3) is 0 Å². The normalized spacial score (nSPS) is 21.5. The quantitative estimate of drug-likeness (QED) is 0.488. The number of aryl methyl sites for hydroxylation is 1. The molecule has 0 spiro atoms. The number of amides is 1. The Bertz CT molecular complexity index is 1010. The molecule has 0 radical (unpaired) electrons. The van der Waals surface area contributed by atoms with Gasteiger partial charge in [-0.25, -0.2) is 8.42 Å². The second kappa shape index (κ2) is 9.00. The zero-order chi connectivity index (χ0) is 23.8. The highest BCUT2D eigenvalue weighted by Gasteiger charge is 2.34. The summed E-state index contributed by atoms with van der Waals surface area (Å²) in [6.07, 6.45) is 1.59. The number of nitrogens with zero attached hydrogens (tertiary/aromatic N) is 2. The summed E-state index contributed by atoms with van der Waals surface area (Å²) in [5.41, 5.74) is 1.55. The van der Waals surface area contributed by atoms with E-state index in [1.807, 2.05) is 32.3 Å². The Hall–Kier alpha value is -2.16. The van der Waals surface area contributed by atoms with Gasteiger partial charge in [-0.1, -0.05) is 20.8 Å². The number of Topliss-reactive ketones (excluding diaryl/α,β-unsaturated/α-hetero) is 1. The van der Waals surface area contributed by atoms with Crippen molar-refractivity contribution < 1.29 is 27.5 Å². The van der Waals surface area contributed by atoms with Crippen molar-refractivity contribution in [3.05, 3.63) is 23.0 Å². The van der Waals surface area contributed by atoms with Gasteiger partial charge >= 0.3 is 5.97 Å². The lowest BCUT2D eigenvalue weighted by molar-refractivity contribution is -0.152. The molecule has 0 bridgehead atoms. The average molecular weight is 467 g/mol. The largest absolute Gasteiger partial charge is 0.457 e. The minimum absolute atomic E-state index is 0.0740. The molecule has 2 aliphatic heterocycles. The Kier molecular flexibility index (Phi) is 6.88. The van der Waals surface area contributed by atoms with Gasteiger partial charge < -0.3 is 14.2 Å². The predicted octanol–water partition coefficient (Wildman–Crippen LogP) is 2.48. The van der Waals surface area contributed by atoms with Gasteiger partial charge in [0.05, 0.1) is 17.4 Å². The molecule has 2 saturated heterocycles. The third-order valence-corrected chi connectivity index (χ3v) is 8.21. The molecule has 0 saturated carbocycles. The summed E-state index contributed by atoms with van der Waals surface area (Å²) in [6, 6.07) is 1.58. The molecule has 0 aliphatic carbocycles. The third kappa shape index (κ3) is 5.24. The van der Waals surface area contributed by atoms with Crippen LogP contribution in [0.3, 0.4) is 0 Å². The van der Waals surface area contributed by atoms with Crippen LogP contribution in [0.1, 0.15) is 67.8 Å². The van der Waals surface area contributed by atoms with Crippen LogP contribution < -0.4 is 0 Å². The predicted molar refractivity (Wildman–Crippen MR) is 120 cm³/mol. The molecule has 3 heterocycles. The third-order valence-electron chi connectivity index (χ3n) is 6.46. The summed E-state index contributed by atoms with van der Waals surface area (Å²) in [7, 11) is -3.04. The average Bonchev–Trinajstić information content (AvgIpc) is 3.22. The van der Waals surface area contributed by atoms with Crippen LogP contribution in [-0.4, -0.2) is 66.7 Å². The van der Waals surface area contributed by atoms with Crippen LogP contribution in [0, 0.1) is 25.2 Å². The van der Waals surface area contributed by atoms with Gasteiger partial charge in [0.2, 0.25) is 11.7 Å². The highest BCUT2D eigenvalue weighted by atomic mass is 32.2. The van der Waals surface area contributed by atoms with E-state index in [-0.39, 0.29) is 41.8 Å². The van der Waals surface area contributed by atoms with Crippen LogP contribution in [0.2, 0.25) is 0 Å². The first-order valence-corrected chi connectivity index (χ1v) is 13.0. The summed E-state index contributed by atoms with van der Waals surface area (Å²) in [6.45, 7) is 9.97. The van der Waals surface area contributed by atoms with Crippen LogP contribution in [0.5, 0.6) is 0 Å². The zero-order valence-electron chi connectivity index (χ0n) is 19.6. The summed E-state index contributed by atoms with van der Waals surface area (Å²) >= 11 is 0. The monoisotopic (exact) mass is 466 g/mol. The highest BCUT2D eigenvalue weighted by Crippen LogP contribution is 2.29. The number of ether oxygens (including phenoxy) is 1. The molecule has 32 heavy (non-hydrogen) atoms. The van der Waals surface area contributed by atoms with Crippen LogP contribution in [0.25, 0.3) is 0 Å². The van der Waals surface area contributed by atoms with Gasteiger partial charge in [-0.2, -0.15) is 0 Å². The Morgan fingerprint density at radius 1 is 1.09 bits per heavy atom. The van der Waals surface area contributed by atoms with E-state index in [2.05, 4.69) is 0 Å². The maximum Gasteiger partial charge on any atom is 0.309 e. The minimum atomic E-state index is -3.04. The molecule has 2 aliphatic rings. The number of rotatable bonds is 5. The molecule has 1 aromatic heterocycles. The van der Waals surface area contributed by atoms with E-state index in [4.69, 9.17) is 4.74 Å². The number of carbonyl (C=O) groups is 3. The molecular formula is C23H34N2O6S. The lowest BCUT2D eigenvalue weighted by atomic mass is 9.91.